The molecule has 0 saturated heterocycles. The van der Waals surface area contributed by atoms with Crippen molar-refractivity contribution in [1.82, 2.24) is 10.2 Å². The van der Waals surface area contributed by atoms with Crippen LogP contribution in [0.2, 0.25) is 0 Å². The van der Waals surface area contributed by atoms with Gasteiger partial charge in [0.25, 0.3) is 0 Å². The maximum atomic E-state index is 12.0. The summed E-state index contributed by atoms with van der Waals surface area (Å²) in [5, 5.41) is 16.1. The first kappa shape index (κ1) is 13.5. The second-order valence-electron chi connectivity index (χ2n) is 4.35. The Hall–Kier alpha value is -3.46. The van der Waals surface area contributed by atoms with Gasteiger partial charge in [-0.2, -0.15) is 5.26 Å². The number of benzene rings is 2. The lowest BCUT2D eigenvalue weighted by Crippen LogP contribution is -2.08. The quantitative estimate of drug-likeness (QED) is 0.544. The van der Waals surface area contributed by atoms with E-state index < -0.39 is 5.97 Å². The molecule has 0 bridgehead atoms. The lowest BCUT2D eigenvalue weighted by Gasteiger charge is -2.04. The molecule has 3 aromatic rings. The van der Waals surface area contributed by atoms with Gasteiger partial charge >= 0.3 is 5.97 Å². The lowest BCUT2D eigenvalue weighted by atomic mass is 10.1. The summed E-state index contributed by atoms with van der Waals surface area (Å²) in [4.78, 5) is 12.0. The molecule has 0 amide bonds. The number of ether oxygens (including phenoxy) is 1. The molecule has 106 valence electrons. The zero-order valence-corrected chi connectivity index (χ0v) is 11.3. The number of rotatable bonds is 3. The van der Waals surface area contributed by atoms with Crippen LogP contribution in [0.15, 0.2) is 59.3 Å². The molecule has 0 atom stereocenters. The van der Waals surface area contributed by atoms with Gasteiger partial charge in [-0.05, 0) is 48.5 Å². The number of esters is 1. The van der Waals surface area contributed by atoms with Crippen LogP contribution < -0.4 is 4.74 Å². The number of nitrogens with zero attached hydrogens (tertiary/aromatic N) is 3. The first-order valence-corrected chi connectivity index (χ1v) is 6.35. The van der Waals surface area contributed by atoms with Crippen LogP contribution in [0.5, 0.6) is 5.75 Å². The molecule has 6 heteroatoms. The van der Waals surface area contributed by atoms with Crippen LogP contribution in [-0.4, -0.2) is 16.2 Å². The fraction of sp³-hybridized carbons (Fsp3) is 0. The average Bonchev–Trinajstić information content (AvgIpc) is 3.10. The smallest absolute Gasteiger partial charge is 0.343 e. The van der Waals surface area contributed by atoms with Gasteiger partial charge in [-0.15, -0.1) is 10.2 Å². The number of carbonyl (C=O) groups is 1. The van der Waals surface area contributed by atoms with Gasteiger partial charge in [-0.1, -0.05) is 0 Å². The van der Waals surface area contributed by atoms with Gasteiger partial charge in [0.15, 0.2) is 0 Å². The molecule has 0 fully saturated rings. The van der Waals surface area contributed by atoms with Crippen LogP contribution in [0, 0.1) is 11.3 Å². The number of aromatic nitrogens is 2. The van der Waals surface area contributed by atoms with Gasteiger partial charge in [0, 0.05) is 5.56 Å². The molecule has 0 aliphatic heterocycles. The van der Waals surface area contributed by atoms with E-state index in [4.69, 9.17) is 14.4 Å². The van der Waals surface area contributed by atoms with Crippen molar-refractivity contribution in [2.75, 3.05) is 0 Å². The predicted molar refractivity (Wildman–Crippen MR) is 75.8 cm³/mol. The fourth-order valence-corrected chi connectivity index (χ4v) is 1.81. The molecule has 0 unspecified atom stereocenters. The maximum Gasteiger partial charge on any atom is 0.343 e. The van der Waals surface area contributed by atoms with E-state index in [-0.39, 0.29) is 0 Å². The van der Waals surface area contributed by atoms with E-state index in [9.17, 15) is 4.79 Å². The van der Waals surface area contributed by atoms with Crippen LogP contribution >= 0.6 is 0 Å². The van der Waals surface area contributed by atoms with Crippen molar-refractivity contribution in [3.8, 4) is 23.3 Å². The van der Waals surface area contributed by atoms with E-state index in [1.807, 2.05) is 6.07 Å². The normalized spacial score (nSPS) is 9.95. The number of carbonyl (C=O) groups excluding carboxylic acids is 1. The summed E-state index contributed by atoms with van der Waals surface area (Å²) < 4.78 is 10.3. The molecule has 1 aromatic heterocycles. The highest BCUT2D eigenvalue weighted by atomic mass is 16.5. The Labute approximate surface area is 125 Å². The molecule has 0 radical (unpaired) electrons. The van der Waals surface area contributed by atoms with Gasteiger partial charge in [0.05, 0.1) is 17.2 Å². The van der Waals surface area contributed by atoms with E-state index >= 15 is 0 Å². The molecular weight excluding hydrogens is 282 g/mol. The van der Waals surface area contributed by atoms with Gasteiger partial charge in [0.2, 0.25) is 12.3 Å². The van der Waals surface area contributed by atoms with Crippen molar-refractivity contribution in [2.24, 2.45) is 0 Å². The minimum atomic E-state index is -0.491. The summed E-state index contributed by atoms with van der Waals surface area (Å²) in [5.74, 6) is 0.303. The zero-order valence-electron chi connectivity index (χ0n) is 11.3. The molecular formula is C16H9N3O3. The molecule has 0 aliphatic rings. The lowest BCUT2D eigenvalue weighted by molar-refractivity contribution is 0.0735. The zero-order chi connectivity index (χ0) is 15.4. The van der Waals surface area contributed by atoms with Crippen LogP contribution in [0.3, 0.4) is 0 Å². The van der Waals surface area contributed by atoms with Crippen LogP contribution in [0.1, 0.15) is 15.9 Å². The third kappa shape index (κ3) is 2.83. The van der Waals surface area contributed by atoms with Crippen molar-refractivity contribution < 1.29 is 13.9 Å². The summed E-state index contributed by atoms with van der Waals surface area (Å²) in [6.07, 6.45) is 1.24. The summed E-state index contributed by atoms with van der Waals surface area (Å²) >= 11 is 0. The fourth-order valence-electron chi connectivity index (χ4n) is 1.81. The summed E-state index contributed by atoms with van der Waals surface area (Å²) in [5.41, 5.74) is 1.59. The molecule has 0 N–H and O–H groups in total. The molecule has 3 rings (SSSR count). The van der Waals surface area contributed by atoms with E-state index in [0.717, 1.165) is 5.56 Å². The Balaban J connectivity index is 1.72. The molecule has 1 heterocycles. The second kappa shape index (κ2) is 5.89. The van der Waals surface area contributed by atoms with Gasteiger partial charge < -0.3 is 9.15 Å². The van der Waals surface area contributed by atoms with E-state index in [1.165, 1.54) is 6.39 Å². The Morgan fingerprint density at radius 1 is 1.09 bits per heavy atom. The Bertz CT molecular complexity index is 817. The van der Waals surface area contributed by atoms with Gasteiger partial charge in [0.1, 0.15) is 5.75 Å². The molecule has 0 saturated carbocycles. The average molecular weight is 291 g/mol. The van der Waals surface area contributed by atoms with Crippen molar-refractivity contribution in [2.45, 2.75) is 0 Å². The predicted octanol–water partition coefficient (Wildman–Crippen LogP) is 2.83. The minimum Gasteiger partial charge on any atom is -0.423 e. The van der Waals surface area contributed by atoms with Crippen LogP contribution in [0.25, 0.3) is 11.5 Å². The standard InChI is InChI=1S/C16H9N3O3/c17-9-11-1-3-13(4-2-11)16(20)22-14-7-5-12(6-8-14)15-19-18-10-21-15/h1-8,10H. The largest absolute Gasteiger partial charge is 0.423 e. The minimum absolute atomic E-state index is 0.375. The second-order valence-corrected chi connectivity index (χ2v) is 4.35. The highest BCUT2D eigenvalue weighted by Crippen LogP contribution is 2.21. The highest BCUT2D eigenvalue weighted by molar-refractivity contribution is 5.91. The van der Waals surface area contributed by atoms with Crippen molar-refractivity contribution in [1.29, 1.82) is 5.26 Å². The number of hydrogen-bond donors (Lipinski definition) is 0. The topological polar surface area (TPSA) is 89.0 Å². The first-order valence-electron chi connectivity index (χ1n) is 6.35. The van der Waals surface area contributed by atoms with E-state index in [0.29, 0.717) is 22.8 Å². The van der Waals surface area contributed by atoms with E-state index in [2.05, 4.69) is 10.2 Å². The van der Waals surface area contributed by atoms with E-state index in [1.54, 1.807) is 48.5 Å². The molecule has 0 spiro atoms. The summed E-state index contributed by atoms with van der Waals surface area (Å²) in [6.45, 7) is 0. The molecule has 22 heavy (non-hydrogen) atoms. The van der Waals surface area contributed by atoms with Crippen molar-refractivity contribution in [3.05, 3.63) is 66.1 Å². The number of nitriles is 1. The van der Waals surface area contributed by atoms with Crippen molar-refractivity contribution >= 4 is 5.97 Å². The molecule has 6 nitrogen and oxygen atoms in total. The summed E-state index contributed by atoms with van der Waals surface area (Å²) in [6, 6.07) is 14.9. The third-order valence-electron chi connectivity index (χ3n) is 2.92. The third-order valence-corrected chi connectivity index (χ3v) is 2.92. The van der Waals surface area contributed by atoms with Crippen LogP contribution in [-0.2, 0) is 0 Å². The SMILES string of the molecule is N#Cc1ccc(C(=O)Oc2ccc(-c3nnco3)cc2)cc1. The van der Waals surface area contributed by atoms with Gasteiger partial charge in [-0.25, -0.2) is 4.79 Å². The number of hydrogen-bond acceptors (Lipinski definition) is 6. The maximum absolute atomic E-state index is 12.0. The van der Waals surface area contributed by atoms with Gasteiger partial charge in [-0.3, -0.25) is 0 Å². The highest BCUT2D eigenvalue weighted by Gasteiger charge is 2.09. The summed E-state index contributed by atoms with van der Waals surface area (Å²) in [7, 11) is 0. The monoisotopic (exact) mass is 291 g/mol. The van der Waals surface area contributed by atoms with Crippen molar-refractivity contribution in [3.63, 3.8) is 0 Å². The van der Waals surface area contributed by atoms with Crippen LogP contribution in [0.4, 0.5) is 0 Å². The molecule has 0 aliphatic carbocycles. The first-order chi connectivity index (χ1) is 10.8. The molecule has 2 aromatic carbocycles. The Morgan fingerprint density at radius 3 is 2.41 bits per heavy atom. The Kier molecular flexibility index (Phi) is 3.62. The Morgan fingerprint density at radius 2 is 1.82 bits per heavy atom.